The third-order valence-electron chi connectivity index (χ3n) is 3.20. The summed E-state index contributed by atoms with van der Waals surface area (Å²) in [5.74, 6) is 0.509. The lowest BCUT2D eigenvalue weighted by molar-refractivity contribution is -0.123. The Hall–Kier alpha value is -2.45. The van der Waals surface area contributed by atoms with Gasteiger partial charge in [0.05, 0.1) is 4.47 Å². The first-order valence-corrected chi connectivity index (χ1v) is 8.27. The number of rotatable bonds is 4. The molecule has 0 aliphatic carbocycles. The Balaban J connectivity index is 1.49. The summed E-state index contributed by atoms with van der Waals surface area (Å²) in [7, 11) is 0. The van der Waals surface area contributed by atoms with Crippen molar-refractivity contribution in [3.8, 4) is 17.2 Å². The van der Waals surface area contributed by atoms with Gasteiger partial charge >= 0.3 is 0 Å². The second kappa shape index (κ2) is 7.62. The van der Waals surface area contributed by atoms with Crippen molar-refractivity contribution in [3.63, 3.8) is 0 Å². The van der Waals surface area contributed by atoms with Crippen LogP contribution in [0.4, 0.5) is 0 Å². The smallest absolute Gasteiger partial charge is 0.276 e. The zero-order valence-corrected chi connectivity index (χ0v) is 15.0. The van der Waals surface area contributed by atoms with Gasteiger partial charge in [-0.15, -0.1) is 0 Å². The van der Waals surface area contributed by atoms with Crippen LogP contribution in [0.2, 0.25) is 5.02 Å². The molecule has 0 spiro atoms. The summed E-state index contributed by atoms with van der Waals surface area (Å²) in [6, 6.07) is 9.64. The quantitative estimate of drug-likeness (QED) is 0.733. The van der Waals surface area contributed by atoms with Gasteiger partial charge in [-0.3, -0.25) is 20.4 Å². The van der Waals surface area contributed by atoms with Crippen LogP contribution in [0, 0.1) is 0 Å². The van der Waals surface area contributed by atoms with E-state index in [2.05, 4.69) is 26.8 Å². The number of halogens is 2. The average molecular weight is 428 g/mol. The lowest BCUT2D eigenvalue weighted by Crippen LogP contribution is -2.43. The molecule has 0 fully saturated rings. The molecule has 2 amide bonds. The van der Waals surface area contributed by atoms with E-state index in [9.17, 15) is 9.59 Å². The fourth-order valence-electron chi connectivity index (χ4n) is 2.01. The normalized spacial score (nSPS) is 11.8. The maximum absolute atomic E-state index is 12.0. The molecule has 0 radical (unpaired) electrons. The number of fused-ring (bicyclic) bond motifs is 1. The van der Waals surface area contributed by atoms with Crippen molar-refractivity contribution in [2.75, 3.05) is 13.4 Å². The van der Waals surface area contributed by atoms with Crippen LogP contribution < -0.4 is 25.1 Å². The summed E-state index contributed by atoms with van der Waals surface area (Å²) in [5, 5.41) is 0.541. The fraction of sp³-hybridized carbons (Fsp3) is 0.125. The highest BCUT2D eigenvalue weighted by Gasteiger charge is 2.16. The lowest BCUT2D eigenvalue weighted by Gasteiger charge is -2.10. The van der Waals surface area contributed by atoms with Crippen LogP contribution in [0.1, 0.15) is 10.4 Å². The van der Waals surface area contributed by atoms with Crippen molar-refractivity contribution in [3.05, 3.63) is 51.5 Å². The molecule has 0 saturated carbocycles. The second-order valence-electron chi connectivity index (χ2n) is 4.93. The van der Waals surface area contributed by atoms with Crippen molar-refractivity contribution in [1.29, 1.82) is 0 Å². The molecule has 0 saturated heterocycles. The van der Waals surface area contributed by atoms with Gasteiger partial charge in [0.1, 0.15) is 5.75 Å². The van der Waals surface area contributed by atoms with Gasteiger partial charge in [-0.2, -0.15) is 0 Å². The first-order chi connectivity index (χ1) is 12.0. The molecule has 130 valence electrons. The van der Waals surface area contributed by atoms with Gasteiger partial charge < -0.3 is 14.2 Å². The van der Waals surface area contributed by atoms with E-state index in [0.717, 1.165) is 0 Å². The molecule has 1 heterocycles. The Kier molecular flexibility index (Phi) is 5.30. The Morgan fingerprint density at radius 2 is 1.92 bits per heavy atom. The number of hydrogen-bond donors (Lipinski definition) is 2. The first kappa shape index (κ1) is 17.4. The van der Waals surface area contributed by atoms with Crippen LogP contribution in [0.3, 0.4) is 0 Å². The molecular weight excluding hydrogens is 416 g/mol. The predicted octanol–water partition coefficient (Wildman–Crippen LogP) is 2.67. The van der Waals surface area contributed by atoms with E-state index in [1.165, 1.54) is 6.07 Å². The Bertz CT molecular complexity index is 830. The highest BCUT2D eigenvalue weighted by molar-refractivity contribution is 9.10. The summed E-state index contributed by atoms with van der Waals surface area (Å²) >= 11 is 9.11. The van der Waals surface area contributed by atoms with Crippen LogP contribution in [-0.4, -0.2) is 25.2 Å². The summed E-state index contributed by atoms with van der Waals surface area (Å²) < 4.78 is 16.3. The summed E-state index contributed by atoms with van der Waals surface area (Å²) in [6.07, 6.45) is 0. The number of hydrogen-bond acceptors (Lipinski definition) is 5. The van der Waals surface area contributed by atoms with E-state index in [1.807, 2.05) is 0 Å². The third kappa shape index (κ3) is 4.34. The third-order valence-corrected chi connectivity index (χ3v) is 4.06. The minimum Gasteiger partial charge on any atom is -0.483 e. The van der Waals surface area contributed by atoms with Crippen LogP contribution in [0.5, 0.6) is 17.2 Å². The Morgan fingerprint density at radius 3 is 2.72 bits per heavy atom. The van der Waals surface area contributed by atoms with Crippen molar-refractivity contribution < 1.29 is 23.8 Å². The van der Waals surface area contributed by atoms with Gasteiger partial charge in [0.15, 0.2) is 18.1 Å². The lowest BCUT2D eigenvalue weighted by atomic mass is 10.2. The van der Waals surface area contributed by atoms with Gasteiger partial charge in [0.2, 0.25) is 6.79 Å². The molecule has 2 aromatic carbocycles. The molecule has 2 N–H and O–H groups in total. The van der Waals surface area contributed by atoms with E-state index in [-0.39, 0.29) is 13.4 Å². The zero-order chi connectivity index (χ0) is 17.8. The summed E-state index contributed by atoms with van der Waals surface area (Å²) in [6.45, 7) is -0.156. The molecule has 0 bridgehead atoms. The maximum Gasteiger partial charge on any atom is 0.276 e. The van der Waals surface area contributed by atoms with Crippen molar-refractivity contribution in [1.82, 2.24) is 10.9 Å². The standard InChI is InChI=1S/C16H12BrClN2O5/c17-11-6-10(18)2-4-12(11)23-7-15(21)19-20-16(22)9-1-3-13-14(5-9)25-8-24-13/h1-6H,7-8H2,(H,19,21)(H,20,22). The average Bonchev–Trinajstić information content (AvgIpc) is 3.06. The van der Waals surface area contributed by atoms with Crippen molar-refractivity contribution in [2.45, 2.75) is 0 Å². The number of carbonyl (C=O) groups excluding carboxylic acids is 2. The van der Waals surface area contributed by atoms with Gasteiger partial charge in [0, 0.05) is 10.6 Å². The second-order valence-corrected chi connectivity index (χ2v) is 6.22. The van der Waals surface area contributed by atoms with Gasteiger partial charge in [-0.25, -0.2) is 0 Å². The molecule has 0 atom stereocenters. The maximum atomic E-state index is 12.0. The van der Waals surface area contributed by atoms with Gasteiger partial charge in [-0.05, 0) is 52.3 Å². The van der Waals surface area contributed by atoms with Crippen LogP contribution in [-0.2, 0) is 4.79 Å². The molecule has 7 nitrogen and oxygen atoms in total. The summed E-state index contributed by atoms with van der Waals surface area (Å²) in [4.78, 5) is 23.8. The van der Waals surface area contributed by atoms with Crippen LogP contribution >= 0.6 is 27.5 Å². The van der Waals surface area contributed by atoms with Crippen molar-refractivity contribution >= 4 is 39.3 Å². The van der Waals surface area contributed by atoms with Crippen molar-refractivity contribution in [2.24, 2.45) is 0 Å². The van der Waals surface area contributed by atoms with Crippen LogP contribution in [0.15, 0.2) is 40.9 Å². The number of amides is 2. The van der Waals surface area contributed by atoms with E-state index < -0.39 is 11.8 Å². The molecule has 25 heavy (non-hydrogen) atoms. The van der Waals surface area contributed by atoms with E-state index in [0.29, 0.717) is 32.3 Å². The number of ether oxygens (including phenoxy) is 3. The molecule has 2 aromatic rings. The monoisotopic (exact) mass is 426 g/mol. The Morgan fingerprint density at radius 1 is 1.12 bits per heavy atom. The predicted molar refractivity (Wildman–Crippen MR) is 92.8 cm³/mol. The highest BCUT2D eigenvalue weighted by Crippen LogP contribution is 2.32. The molecule has 0 unspecified atom stereocenters. The molecule has 1 aliphatic heterocycles. The SMILES string of the molecule is O=C(COc1ccc(Cl)cc1Br)NNC(=O)c1ccc2c(c1)OCO2. The minimum absolute atomic E-state index is 0.120. The fourth-order valence-corrected chi connectivity index (χ4v) is 2.81. The number of nitrogens with one attached hydrogen (secondary N) is 2. The Labute approximate surface area is 156 Å². The minimum atomic E-state index is -0.518. The van der Waals surface area contributed by atoms with Gasteiger partial charge in [0.25, 0.3) is 11.8 Å². The molecular formula is C16H12BrClN2O5. The van der Waals surface area contributed by atoms with E-state index in [4.69, 9.17) is 25.8 Å². The number of carbonyl (C=O) groups is 2. The summed E-state index contributed by atoms with van der Waals surface area (Å²) in [5.41, 5.74) is 4.90. The van der Waals surface area contributed by atoms with E-state index in [1.54, 1.807) is 30.3 Å². The zero-order valence-electron chi connectivity index (χ0n) is 12.7. The van der Waals surface area contributed by atoms with Gasteiger partial charge in [-0.1, -0.05) is 11.6 Å². The largest absolute Gasteiger partial charge is 0.483 e. The van der Waals surface area contributed by atoms with Crippen LogP contribution in [0.25, 0.3) is 0 Å². The first-order valence-electron chi connectivity index (χ1n) is 7.09. The number of hydrazine groups is 1. The molecule has 9 heteroatoms. The molecule has 3 rings (SSSR count). The molecule has 1 aliphatic rings. The van der Waals surface area contributed by atoms with E-state index >= 15 is 0 Å². The highest BCUT2D eigenvalue weighted by atomic mass is 79.9. The molecule has 0 aromatic heterocycles. The topological polar surface area (TPSA) is 85.9 Å². The number of benzene rings is 2.